The van der Waals surface area contributed by atoms with Crippen molar-refractivity contribution < 1.29 is 29.1 Å². The normalized spacial score (nSPS) is 18.3. The van der Waals surface area contributed by atoms with Gasteiger partial charge in [-0.15, -0.1) is 0 Å². The number of amides is 3. The van der Waals surface area contributed by atoms with E-state index in [1.54, 1.807) is 18.2 Å². The molecule has 0 unspecified atom stereocenters. The number of fused-ring (bicyclic) bond motifs is 1. The summed E-state index contributed by atoms with van der Waals surface area (Å²) in [6, 6.07) is 2.93. The van der Waals surface area contributed by atoms with E-state index in [2.05, 4.69) is 10.6 Å². The Labute approximate surface area is 193 Å². The zero-order valence-electron chi connectivity index (χ0n) is 19.3. The highest BCUT2D eigenvalue weighted by Crippen LogP contribution is 2.35. The molecule has 3 amide bonds. The summed E-state index contributed by atoms with van der Waals surface area (Å²) in [5.41, 5.74) is 7.45. The molecule has 3 atom stereocenters. The zero-order chi connectivity index (χ0) is 24.2. The zero-order valence-corrected chi connectivity index (χ0v) is 19.3. The van der Waals surface area contributed by atoms with Crippen molar-refractivity contribution in [2.75, 3.05) is 12.1 Å². The van der Waals surface area contributed by atoms with Crippen molar-refractivity contribution in [3.63, 3.8) is 0 Å². The summed E-state index contributed by atoms with van der Waals surface area (Å²) in [5.74, 6) is -1.20. The van der Waals surface area contributed by atoms with Crippen LogP contribution in [0.3, 0.4) is 0 Å². The first-order chi connectivity index (χ1) is 15.6. The fraction of sp³-hybridized carbons (Fsp3) is 0.609. The lowest BCUT2D eigenvalue weighted by Crippen LogP contribution is -2.57. The van der Waals surface area contributed by atoms with Crippen LogP contribution in [0, 0.1) is 17.3 Å². The molecule has 0 radical (unpaired) electrons. The molecule has 6 N–H and O–H groups in total. The average molecular weight is 463 g/mol. The molecule has 10 nitrogen and oxygen atoms in total. The molecular weight excluding hydrogens is 428 g/mol. The second-order valence-corrected chi connectivity index (χ2v) is 9.86. The van der Waals surface area contributed by atoms with E-state index >= 15 is 0 Å². The van der Waals surface area contributed by atoms with Crippen molar-refractivity contribution in [1.82, 2.24) is 10.8 Å². The Balaban J connectivity index is 1.75. The lowest BCUT2D eigenvalue weighted by atomic mass is 9.83. The lowest BCUT2D eigenvalue weighted by Gasteiger charge is -2.33. The van der Waals surface area contributed by atoms with E-state index in [0.29, 0.717) is 23.6 Å². The van der Waals surface area contributed by atoms with E-state index in [0.717, 1.165) is 25.7 Å². The third-order valence-corrected chi connectivity index (χ3v) is 6.30. The van der Waals surface area contributed by atoms with Crippen LogP contribution in [0.15, 0.2) is 18.2 Å². The summed E-state index contributed by atoms with van der Waals surface area (Å²) in [6.07, 6.45) is 4.49. The van der Waals surface area contributed by atoms with Crippen molar-refractivity contribution in [2.24, 2.45) is 23.0 Å². The van der Waals surface area contributed by atoms with E-state index < -0.39 is 41.1 Å². The second-order valence-electron chi connectivity index (χ2n) is 9.86. The minimum absolute atomic E-state index is 0.122. The van der Waals surface area contributed by atoms with Crippen molar-refractivity contribution in [2.45, 2.75) is 65.0 Å². The molecule has 10 heteroatoms. The smallest absolute Gasteiger partial charge is 0.261 e. The number of carbonyl (C=O) groups excluding carboxylic acids is 3. The van der Waals surface area contributed by atoms with Gasteiger partial charge in [0.1, 0.15) is 6.04 Å². The number of ether oxygens (including phenoxy) is 2. The van der Waals surface area contributed by atoms with Gasteiger partial charge in [0.2, 0.25) is 18.6 Å². The predicted molar refractivity (Wildman–Crippen MR) is 121 cm³/mol. The predicted octanol–water partition coefficient (Wildman–Crippen LogP) is 1.91. The summed E-state index contributed by atoms with van der Waals surface area (Å²) >= 11 is 0. The first kappa shape index (κ1) is 24.8. The van der Waals surface area contributed by atoms with E-state index in [-0.39, 0.29) is 12.7 Å². The molecule has 0 saturated heterocycles. The van der Waals surface area contributed by atoms with Gasteiger partial charge in [-0.05, 0) is 29.9 Å². The number of anilines is 1. The van der Waals surface area contributed by atoms with Crippen LogP contribution in [-0.4, -0.2) is 41.8 Å². The Kier molecular flexibility index (Phi) is 7.80. The summed E-state index contributed by atoms with van der Waals surface area (Å²) in [6.45, 7) is 5.63. The van der Waals surface area contributed by atoms with Crippen LogP contribution in [-0.2, 0) is 14.4 Å². The average Bonchev–Trinajstić information content (AvgIpc) is 3.45. The Morgan fingerprint density at radius 3 is 2.39 bits per heavy atom. The number of carbonyl (C=O) groups is 3. The second kappa shape index (κ2) is 10.4. The van der Waals surface area contributed by atoms with E-state index in [1.807, 2.05) is 20.8 Å². The van der Waals surface area contributed by atoms with Gasteiger partial charge in [-0.3, -0.25) is 19.6 Å². The van der Waals surface area contributed by atoms with Crippen molar-refractivity contribution in [1.29, 1.82) is 0 Å². The SMILES string of the molecule is CC(C)(C)[C@H](NC(=O)[C@H](CC1CCCC1)[C@H](N)C(=O)NO)C(=O)Nc1ccc2c(c1)OCO2. The van der Waals surface area contributed by atoms with E-state index in [9.17, 15) is 14.4 Å². The molecule has 1 fully saturated rings. The van der Waals surface area contributed by atoms with E-state index in [4.69, 9.17) is 20.4 Å². The maximum Gasteiger partial charge on any atom is 0.261 e. The summed E-state index contributed by atoms with van der Waals surface area (Å²) in [4.78, 5) is 38.5. The molecule has 1 aromatic rings. The van der Waals surface area contributed by atoms with Gasteiger partial charge in [-0.25, -0.2) is 5.48 Å². The quantitative estimate of drug-likeness (QED) is 0.292. The fourth-order valence-corrected chi connectivity index (χ4v) is 4.39. The Hall–Kier alpha value is -2.85. The number of rotatable bonds is 8. The maximum atomic E-state index is 13.3. The van der Waals surface area contributed by atoms with Crippen LogP contribution in [0.1, 0.15) is 52.9 Å². The molecule has 1 heterocycles. The highest BCUT2D eigenvalue weighted by Gasteiger charge is 2.39. The highest BCUT2D eigenvalue weighted by molar-refractivity contribution is 5.99. The molecular formula is C23H34N4O6. The van der Waals surface area contributed by atoms with Crippen molar-refractivity contribution >= 4 is 23.4 Å². The number of benzene rings is 1. The van der Waals surface area contributed by atoms with Gasteiger partial charge < -0.3 is 25.8 Å². The molecule has 0 aromatic heterocycles. The van der Waals surface area contributed by atoms with E-state index in [1.165, 1.54) is 5.48 Å². The van der Waals surface area contributed by atoms with Crippen LogP contribution in [0.2, 0.25) is 0 Å². The first-order valence-electron chi connectivity index (χ1n) is 11.3. The molecule has 1 aliphatic heterocycles. The standard InChI is InChI=1S/C23H34N4O6/c1-23(2,3)19(22(30)25-14-8-9-16-17(11-14)33-12-32-16)26-20(28)15(18(24)21(29)27-31)10-13-6-4-5-7-13/h8-9,11,13,15,18-19,31H,4-7,10,12,24H2,1-3H3,(H,25,30)(H,26,28)(H,27,29)/t15-,18+,19-/m1/s1. The molecule has 0 bridgehead atoms. The van der Waals surface area contributed by atoms with Crippen LogP contribution < -0.4 is 31.3 Å². The highest BCUT2D eigenvalue weighted by atomic mass is 16.7. The summed E-state index contributed by atoms with van der Waals surface area (Å²) in [5, 5.41) is 14.7. The van der Waals surface area contributed by atoms with Gasteiger partial charge in [0.15, 0.2) is 11.5 Å². The largest absolute Gasteiger partial charge is 0.454 e. The molecule has 182 valence electrons. The number of hydroxylamine groups is 1. The van der Waals surface area contributed by atoms with Gasteiger partial charge >= 0.3 is 0 Å². The van der Waals surface area contributed by atoms with Gasteiger partial charge in [-0.2, -0.15) is 0 Å². The third kappa shape index (κ3) is 6.14. The third-order valence-electron chi connectivity index (χ3n) is 6.30. The molecule has 3 rings (SSSR count). The minimum atomic E-state index is -1.23. The minimum Gasteiger partial charge on any atom is -0.454 e. The Bertz CT molecular complexity index is 878. The van der Waals surface area contributed by atoms with Crippen LogP contribution in [0.25, 0.3) is 0 Å². The summed E-state index contributed by atoms with van der Waals surface area (Å²) in [7, 11) is 0. The fourth-order valence-electron chi connectivity index (χ4n) is 4.39. The first-order valence-corrected chi connectivity index (χ1v) is 11.3. The number of nitrogens with two attached hydrogens (primary N) is 1. The topological polar surface area (TPSA) is 152 Å². The van der Waals surface area contributed by atoms with Gasteiger partial charge in [0, 0.05) is 11.8 Å². The van der Waals surface area contributed by atoms with Crippen LogP contribution in [0.5, 0.6) is 11.5 Å². The molecule has 1 aromatic carbocycles. The van der Waals surface area contributed by atoms with Crippen molar-refractivity contribution in [3.05, 3.63) is 18.2 Å². The number of hydrogen-bond donors (Lipinski definition) is 5. The lowest BCUT2D eigenvalue weighted by molar-refractivity contribution is -0.138. The molecule has 2 aliphatic rings. The summed E-state index contributed by atoms with van der Waals surface area (Å²) < 4.78 is 10.6. The van der Waals surface area contributed by atoms with Crippen LogP contribution >= 0.6 is 0 Å². The molecule has 0 spiro atoms. The molecule has 1 aliphatic carbocycles. The molecule has 33 heavy (non-hydrogen) atoms. The molecule has 1 saturated carbocycles. The van der Waals surface area contributed by atoms with Crippen LogP contribution in [0.4, 0.5) is 5.69 Å². The monoisotopic (exact) mass is 462 g/mol. The Morgan fingerprint density at radius 1 is 1.09 bits per heavy atom. The van der Waals surface area contributed by atoms with Gasteiger partial charge in [0.05, 0.1) is 12.0 Å². The van der Waals surface area contributed by atoms with Crippen molar-refractivity contribution in [3.8, 4) is 11.5 Å². The van der Waals surface area contributed by atoms with Gasteiger partial charge in [0.25, 0.3) is 5.91 Å². The maximum absolute atomic E-state index is 13.3. The Morgan fingerprint density at radius 2 is 1.76 bits per heavy atom. The van der Waals surface area contributed by atoms with Gasteiger partial charge in [-0.1, -0.05) is 46.5 Å². The number of nitrogens with one attached hydrogen (secondary N) is 3. The number of hydrogen-bond acceptors (Lipinski definition) is 7.